The summed E-state index contributed by atoms with van der Waals surface area (Å²) in [6.07, 6.45) is 8.86. The van der Waals surface area contributed by atoms with E-state index in [-0.39, 0.29) is 11.1 Å². The van der Waals surface area contributed by atoms with Crippen molar-refractivity contribution in [1.29, 1.82) is 0 Å². The minimum Gasteiger partial charge on any atom is -0.478 e. The van der Waals surface area contributed by atoms with Crippen molar-refractivity contribution >= 4 is 17.6 Å². The van der Waals surface area contributed by atoms with Crippen LogP contribution in [0.25, 0.3) is 5.70 Å². The average Bonchev–Trinajstić information content (AvgIpc) is 3.31. The summed E-state index contributed by atoms with van der Waals surface area (Å²) in [6, 6.07) is 8.25. The lowest BCUT2D eigenvalue weighted by atomic mass is 10.0. The van der Waals surface area contributed by atoms with Crippen molar-refractivity contribution in [3.63, 3.8) is 0 Å². The zero-order valence-electron chi connectivity index (χ0n) is 15.8. The molecule has 154 valence electrons. The molecule has 0 saturated heterocycles. The molecule has 0 bridgehead atoms. The van der Waals surface area contributed by atoms with Gasteiger partial charge in [-0.3, -0.25) is 15.4 Å². The van der Waals surface area contributed by atoms with Gasteiger partial charge in [0.1, 0.15) is 6.26 Å². The molecule has 0 spiro atoms. The third-order valence-electron chi connectivity index (χ3n) is 4.31. The first-order valence-electron chi connectivity index (χ1n) is 8.98. The zero-order valence-corrected chi connectivity index (χ0v) is 15.8. The Morgan fingerprint density at radius 1 is 1.13 bits per heavy atom. The van der Waals surface area contributed by atoms with E-state index in [2.05, 4.69) is 32.7 Å². The Hall–Kier alpha value is -4.78. The molecule has 2 aromatic rings. The highest BCUT2D eigenvalue weighted by molar-refractivity contribution is 5.93. The van der Waals surface area contributed by atoms with Gasteiger partial charge in [-0.05, 0) is 42.3 Å². The summed E-state index contributed by atoms with van der Waals surface area (Å²) in [5.74, 6) is 0.682. The molecule has 0 aromatic carbocycles. The maximum absolute atomic E-state index is 11.7. The van der Waals surface area contributed by atoms with Gasteiger partial charge in [-0.1, -0.05) is 5.17 Å². The van der Waals surface area contributed by atoms with E-state index < -0.39 is 18.0 Å². The van der Waals surface area contributed by atoms with Gasteiger partial charge in [-0.25, -0.2) is 9.59 Å². The molecule has 2 aliphatic rings. The summed E-state index contributed by atoms with van der Waals surface area (Å²) in [6.45, 7) is 0. The van der Waals surface area contributed by atoms with Crippen molar-refractivity contribution < 1.29 is 24.6 Å². The average molecular weight is 417 g/mol. The number of hydrazine groups is 1. The molecular weight excluding hydrogens is 402 g/mol. The number of hydrogen-bond donors (Lipinski definition) is 4. The van der Waals surface area contributed by atoms with Crippen molar-refractivity contribution in [2.45, 2.75) is 6.04 Å². The highest BCUT2D eigenvalue weighted by Crippen LogP contribution is 2.26. The van der Waals surface area contributed by atoms with Crippen LogP contribution in [0.1, 0.15) is 33.4 Å². The van der Waals surface area contributed by atoms with Gasteiger partial charge < -0.3 is 20.4 Å². The largest absolute Gasteiger partial charge is 0.478 e. The standard InChI is InChI=1S/C21H15N5O5/c27-20(28)14-2-5-23-17(10-14)19-12-15(21(29)30)11-18(25-19)16-9-13(1-4-22-16)3-7-26-24-6-8-31-26/h1-2,4-6,8-12,19,24-25H,(H,27,28)(H,29,30). The number of hydroxylamine groups is 1. The predicted octanol–water partition coefficient (Wildman–Crippen LogP) is 1.40. The third-order valence-corrected chi connectivity index (χ3v) is 4.31. The molecule has 4 N–H and O–H groups in total. The fraction of sp³-hybridized carbons (Fsp3) is 0.0476. The second-order valence-corrected chi connectivity index (χ2v) is 6.38. The lowest BCUT2D eigenvalue weighted by Crippen LogP contribution is -2.25. The zero-order chi connectivity index (χ0) is 21.8. The Labute approximate surface area is 176 Å². The van der Waals surface area contributed by atoms with Crippen LogP contribution in [0, 0.1) is 12.0 Å². The summed E-state index contributed by atoms with van der Waals surface area (Å²) >= 11 is 0. The van der Waals surface area contributed by atoms with Crippen LogP contribution in [0.2, 0.25) is 0 Å². The quantitative estimate of drug-likeness (QED) is 0.540. The van der Waals surface area contributed by atoms with Crippen LogP contribution < -0.4 is 10.7 Å². The molecule has 31 heavy (non-hydrogen) atoms. The molecule has 10 nitrogen and oxygen atoms in total. The Balaban J connectivity index is 1.64. The van der Waals surface area contributed by atoms with Crippen LogP contribution in [-0.4, -0.2) is 37.3 Å². The third kappa shape index (κ3) is 4.46. The number of aliphatic carboxylic acids is 1. The molecule has 0 fully saturated rings. The number of aromatic nitrogens is 2. The van der Waals surface area contributed by atoms with Gasteiger partial charge >= 0.3 is 11.9 Å². The van der Waals surface area contributed by atoms with Gasteiger partial charge in [0.05, 0.1) is 46.5 Å². The summed E-state index contributed by atoms with van der Waals surface area (Å²) in [5.41, 5.74) is 4.73. The fourth-order valence-electron chi connectivity index (χ4n) is 2.88. The first kappa shape index (κ1) is 19.5. The number of dihydropyridines is 1. The SMILES string of the molecule is O=C(O)C1=CC(c2cc(C(=O)O)ccn2)NC(c2cc(C#CN3NC=CO3)ccn2)=C1. The van der Waals surface area contributed by atoms with Crippen molar-refractivity contribution in [2.24, 2.45) is 0 Å². The molecule has 4 heterocycles. The summed E-state index contributed by atoms with van der Waals surface area (Å²) in [7, 11) is 0. The lowest BCUT2D eigenvalue weighted by molar-refractivity contribution is -0.132. The van der Waals surface area contributed by atoms with E-state index in [0.717, 1.165) is 0 Å². The summed E-state index contributed by atoms with van der Waals surface area (Å²) in [4.78, 5) is 36.5. The molecule has 10 heteroatoms. The van der Waals surface area contributed by atoms with E-state index in [0.29, 0.717) is 22.6 Å². The van der Waals surface area contributed by atoms with Gasteiger partial charge in [0.25, 0.3) is 0 Å². The summed E-state index contributed by atoms with van der Waals surface area (Å²) < 4.78 is 0. The van der Waals surface area contributed by atoms with Gasteiger partial charge in [0.15, 0.2) is 0 Å². The van der Waals surface area contributed by atoms with Crippen LogP contribution in [0.4, 0.5) is 0 Å². The Morgan fingerprint density at radius 3 is 2.71 bits per heavy atom. The fourth-order valence-corrected chi connectivity index (χ4v) is 2.88. The minimum atomic E-state index is -1.13. The molecular formula is C21H15N5O5. The second-order valence-electron chi connectivity index (χ2n) is 6.38. The normalized spacial score (nSPS) is 16.6. The van der Waals surface area contributed by atoms with Crippen molar-refractivity contribution in [1.82, 2.24) is 25.9 Å². The molecule has 0 amide bonds. The number of hydrogen-bond acceptors (Lipinski definition) is 8. The van der Waals surface area contributed by atoms with Crippen LogP contribution >= 0.6 is 0 Å². The van der Waals surface area contributed by atoms with Crippen molar-refractivity contribution in [3.8, 4) is 12.0 Å². The maximum atomic E-state index is 11.7. The van der Waals surface area contributed by atoms with E-state index in [1.807, 2.05) is 0 Å². The van der Waals surface area contributed by atoms with Gasteiger partial charge in [0, 0.05) is 18.0 Å². The Bertz CT molecular complexity index is 1200. The molecule has 1 unspecified atom stereocenters. The lowest BCUT2D eigenvalue weighted by Gasteiger charge is -2.23. The van der Waals surface area contributed by atoms with Gasteiger partial charge in [0.2, 0.25) is 0 Å². The number of carboxylic acid groups (broad SMARTS) is 2. The molecule has 0 saturated carbocycles. The number of aromatic carboxylic acids is 1. The van der Waals surface area contributed by atoms with Crippen LogP contribution in [0.15, 0.2) is 66.8 Å². The van der Waals surface area contributed by atoms with Crippen LogP contribution in [0.5, 0.6) is 0 Å². The van der Waals surface area contributed by atoms with Crippen LogP contribution in [0.3, 0.4) is 0 Å². The Morgan fingerprint density at radius 2 is 1.97 bits per heavy atom. The first-order chi connectivity index (χ1) is 15.0. The minimum absolute atomic E-state index is 0.0281. The highest BCUT2D eigenvalue weighted by atomic mass is 16.7. The number of nitrogens with one attached hydrogen (secondary N) is 2. The molecule has 1 atom stereocenters. The van der Waals surface area contributed by atoms with Crippen molar-refractivity contribution in [3.05, 3.63) is 89.4 Å². The number of carboxylic acids is 2. The number of rotatable bonds is 4. The second kappa shape index (κ2) is 8.30. The summed E-state index contributed by atoms with van der Waals surface area (Å²) in [5, 5.41) is 23.1. The monoisotopic (exact) mass is 417 g/mol. The number of carbonyl (C=O) groups is 2. The van der Waals surface area contributed by atoms with E-state index in [1.54, 1.807) is 24.5 Å². The first-order valence-corrected chi connectivity index (χ1v) is 8.98. The number of pyridine rings is 2. The topological polar surface area (TPSA) is 137 Å². The predicted molar refractivity (Wildman–Crippen MR) is 107 cm³/mol. The van der Waals surface area contributed by atoms with Crippen LogP contribution in [-0.2, 0) is 9.63 Å². The molecule has 0 radical (unpaired) electrons. The van der Waals surface area contributed by atoms with Crippen molar-refractivity contribution in [2.75, 3.05) is 0 Å². The number of nitrogens with zero attached hydrogens (tertiary/aromatic N) is 3. The molecule has 0 aliphatic carbocycles. The van der Waals surface area contributed by atoms with E-state index in [9.17, 15) is 19.8 Å². The van der Waals surface area contributed by atoms with E-state index in [1.165, 1.54) is 41.9 Å². The van der Waals surface area contributed by atoms with Gasteiger partial charge in [-0.15, -0.1) is 0 Å². The van der Waals surface area contributed by atoms with E-state index >= 15 is 0 Å². The molecule has 2 aromatic heterocycles. The van der Waals surface area contributed by atoms with E-state index in [4.69, 9.17) is 4.84 Å². The Kier molecular flexibility index (Phi) is 5.23. The smallest absolute Gasteiger partial charge is 0.335 e. The van der Waals surface area contributed by atoms with Gasteiger partial charge in [-0.2, -0.15) is 0 Å². The molecule has 4 rings (SSSR count). The molecule has 2 aliphatic heterocycles. The highest BCUT2D eigenvalue weighted by Gasteiger charge is 2.22. The maximum Gasteiger partial charge on any atom is 0.335 e.